The fourth-order valence-electron chi connectivity index (χ4n) is 5.43. The summed E-state index contributed by atoms with van der Waals surface area (Å²) in [6.45, 7) is 5.88. The molecule has 0 radical (unpaired) electrons. The van der Waals surface area contributed by atoms with Crippen molar-refractivity contribution < 1.29 is 19.1 Å². The minimum absolute atomic E-state index is 0.00207. The van der Waals surface area contributed by atoms with Crippen molar-refractivity contribution in [3.63, 3.8) is 0 Å². The highest BCUT2D eigenvalue weighted by atomic mass is 16.6. The number of aromatic nitrogens is 1. The van der Waals surface area contributed by atoms with Crippen LogP contribution in [0.1, 0.15) is 68.1 Å². The number of benzene rings is 3. The maximum absolute atomic E-state index is 13.8. The quantitative estimate of drug-likeness (QED) is 0.229. The Hall–Kier alpha value is -4.97. The van der Waals surface area contributed by atoms with Crippen LogP contribution in [0.5, 0.6) is 11.5 Å². The summed E-state index contributed by atoms with van der Waals surface area (Å²) in [5.74, 6) is 1.19. The average molecular weight is 580 g/mol. The lowest BCUT2D eigenvalue weighted by atomic mass is 9.91. The molecular formula is C34H37N5O4. The molecule has 1 aliphatic carbocycles. The third-order valence-electron chi connectivity index (χ3n) is 7.47. The lowest BCUT2D eigenvalue weighted by molar-refractivity contribution is 0.0487. The number of carbonyl (C=O) groups is 2. The fraction of sp³-hybridized carbons (Fsp3) is 0.324. The van der Waals surface area contributed by atoms with Crippen molar-refractivity contribution in [3.8, 4) is 17.6 Å². The normalized spacial score (nSPS) is 16.7. The summed E-state index contributed by atoms with van der Waals surface area (Å²) < 4.78 is 13.2. The lowest BCUT2D eigenvalue weighted by Crippen LogP contribution is -2.45. The van der Waals surface area contributed by atoms with Crippen LogP contribution >= 0.6 is 0 Å². The first-order valence-corrected chi connectivity index (χ1v) is 14.5. The first-order chi connectivity index (χ1) is 20.6. The highest BCUT2D eigenvalue weighted by Gasteiger charge is 2.28. The molecule has 1 heterocycles. The number of hydrogen-bond acceptors (Lipinski definition) is 6. The van der Waals surface area contributed by atoms with Gasteiger partial charge in [-0.3, -0.25) is 4.79 Å². The van der Waals surface area contributed by atoms with E-state index in [0.29, 0.717) is 42.1 Å². The highest BCUT2D eigenvalue weighted by molar-refractivity contribution is 6.08. The molecule has 2 amide bonds. The van der Waals surface area contributed by atoms with Gasteiger partial charge in [0.25, 0.3) is 5.91 Å². The maximum atomic E-state index is 13.8. The topological polar surface area (TPSA) is 131 Å². The first kappa shape index (κ1) is 29.5. The number of nitriles is 1. The van der Waals surface area contributed by atoms with Crippen molar-refractivity contribution in [2.45, 2.75) is 70.7 Å². The van der Waals surface area contributed by atoms with E-state index in [-0.39, 0.29) is 18.0 Å². The zero-order valence-electron chi connectivity index (χ0n) is 24.7. The SMILES string of the molecule is CC(C)(C)OC(=O)N[C@H]1CC[C@H](NC(=O)c2c(N)c3ccc(C#N)cc3n2Cc2ccc(Oc3ccccc3)cc2)CC1. The van der Waals surface area contributed by atoms with Crippen LogP contribution in [0.4, 0.5) is 10.5 Å². The Morgan fingerprint density at radius 1 is 0.930 bits per heavy atom. The maximum Gasteiger partial charge on any atom is 0.407 e. The number of rotatable bonds is 7. The molecule has 5 rings (SSSR count). The van der Waals surface area contributed by atoms with Gasteiger partial charge in [0.2, 0.25) is 0 Å². The molecule has 4 aromatic rings. The molecule has 4 N–H and O–H groups in total. The van der Waals surface area contributed by atoms with Gasteiger partial charge in [0.05, 0.1) is 22.8 Å². The zero-order valence-corrected chi connectivity index (χ0v) is 24.7. The van der Waals surface area contributed by atoms with Gasteiger partial charge >= 0.3 is 6.09 Å². The number of nitrogens with zero attached hydrogens (tertiary/aromatic N) is 2. The van der Waals surface area contributed by atoms with E-state index in [4.69, 9.17) is 15.2 Å². The van der Waals surface area contributed by atoms with Gasteiger partial charge in [-0.15, -0.1) is 0 Å². The number of amides is 2. The zero-order chi connectivity index (χ0) is 30.6. The lowest BCUT2D eigenvalue weighted by Gasteiger charge is -2.30. The molecule has 9 heteroatoms. The van der Waals surface area contributed by atoms with Crippen LogP contribution in [-0.4, -0.2) is 34.3 Å². The van der Waals surface area contributed by atoms with Crippen molar-refractivity contribution >= 4 is 28.6 Å². The minimum Gasteiger partial charge on any atom is -0.457 e. The molecule has 3 aromatic carbocycles. The van der Waals surface area contributed by atoms with Crippen LogP contribution in [0.2, 0.25) is 0 Å². The van der Waals surface area contributed by atoms with Crippen LogP contribution in [0.25, 0.3) is 10.9 Å². The van der Waals surface area contributed by atoms with Gasteiger partial charge in [-0.1, -0.05) is 30.3 Å². The van der Waals surface area contributed by atoms with E-state index in [1.54, 1.807) is 18.2 Å². The van der Waals surface area contributed by atoms with Crippen molar-refractivity contribution in [1.29, 1.82) is 5.26 Å². The Labute approximate surface area is 251 Å². The Balaban J connectivity index is 1.32. The minimum atomic E-state index is -0.556. The summed E-state index contributed by atoms with van der Waals surface area (Å²) in [7, 11) is 0. The van der Waals surface area contributed by atoms with Gasteiger partial charge < -0.3 is 30.4 Å². The summed E-state index contributed by atoms with van der Waals surface area (Å²) in [5, 5.41) is 16.4. The largest absolute Gasteiger partial charge is 0.457 e. The number of hydrogen-bond donors (Lipinski definition) is 3. The van der Waals surface area contributed by atoms with E-state index < -0.39 is 11.7 Å². The first-order valence-electron chi connectivity index (χ1n) is 14.5. The van der Waals surface area contributed by atoms with Crippen molar-refractivity contribution in [3.05, 3.63) is 89.6 Å². The van der Waals surface area contributed by atoms with Crippen LogP contribution in [-0.2, 0) is 11.3 Å². The van der Waals surface area contributed by atoms with Gasteiger partial charge in [0.1, 0.15) is 22.8 Å². The van der Waals surface area contributed by atoms with Crippen molar-refractivity contribution in [2.75, 3.05) is 5.73 Å². The van der Waals surface area contributed by atoms with E-state index in [1.165, 1.54) is 0 Å². The number of fused-ring (bicyclic) bond motifs is 1. The summed E-state index contributed by atoms with van der Waals surface area (Å²) in [4.78, 5) is 25.9. The standard InChI is InChI=1S/C34H37N5O4/c1-34(2,3)43-33(41)38-25-14-12-24(13-15-25)37-32(40)31-30(36)28-18-11-23(20-35)19-29(28)39(31)21-22-9-16-27(17-10-22)42-26-7-5-4-6-8-26/h4-11,16-19,24-25H,12-15,21,36H2,1-3H3,(H,37,40)(H,38,41)/t24-,25-. The van der Waals surface area contributed by atoms with Crippen molar-refractivity contribution in [2.24, 2.45) is 0 Å². The van der Waals surface area contributed by atoms with Crippen LogP contribution < -0.4 is 21.1 Å². The van der Waals surface area contributed by atoms with Crippen LogP contribution in [0.15, 0.2) is 72.8 Å². The average Bonchev–Trinajstić information content (AvgIpc) is 3.25. The number of ether oxygens (including phenoxy) is 2. The second-order valence-corrected chi connectivity index (χ2v) is 11.9. The predicted octanol–water partition coefficient (Wildman–Crippen LogP) is 6.50. The van der Waals surface area contributed by atoms with Crippen LogP contribution in [0.3, 0.4) is 0 Å². The van der Waals surface area contributed by atoms with E-state index in [0.717, 1.165) is 35.1 Å². The van der Waals surface area contributed by atoms with Gasteiger partial charge in [0.15, 0.2) is 0 Å². The third-order valence-corrected chi connectivity index (χ3v) is 7.47. The van der Waals surface area contributed by atoms with Gasteiger partial charge in [-0.2, -0.15) is 5.26 Å². The molecule has 1 aliphatic rings. The molecule has 43 heavy (non-hydrogen) atoms. The molecule has 222 valence electrons. The van der Waals surface area contributed by atoms with E-state index in [2.05, 4.69) is 16.7 Å². The number of carbonyl (C=O) groups excluding carboxylic acids is 2. The summed E-state index contributed by atoms with van der Waals surface area (Å²) >= 11 is 0. The van der Waals surface area contributed by atoms with Gasteiger partial charge in [-0.05, 0) is 94.5 Å². The molecule has 0 unspecified atom stereocenters. The molecular weight excluding hydrogens is 542 g/mol. The third kappa shape index (κ3) is 7.28. The Bertz CT molecular complexity index is 1640. The molecule has 1 aromatic heterocycles. The summed E-state index contributed by atoms with van der Waals surface area (Å²) in [5.41, 5.74) is 8.92. The molecule has 0 spiro atoms. The number of nitrogens with two attached hydrogens (primary N) is 1. The van der Waals surface area contributed by atoms with Crippen molar-refractivity contribution in [1.82, 2.24) is 15.2 Å². The summed E-state index contributed by atoms with van der Waals surface area (Å²) in [6.07, 6.45) is 2.47. The number of para-hydroxylation sites is 1. The monoisotopic (exact) mass is 579 g/mol. The Morgan fingerprint density at radius 2 is 1.56 bits per heavy atom. The fourth-order valence-corrected chi connectivity index (χ4v) is 5.43. The smallest absolute Gasteiger partial charge is 0.407 e. The highest BCUT2D eigenvalue weighted by Crippen LogP contribution is 2.32. The molecule has 1 saturated carbocycles. The predicted molar refractivity (Wildman–Crippen MR) is 166 cm³/mol. The van der Waals surface area contributed by atoms with E-state index in [9.17, 15) is 14.9 Å². The second-order valence-electron chi connectivity index (χ2n) is 11.9. The molecule has 9 nitrogen and oxygen atoms in total. The number of nitrogens with one attached hydrogen (secondary N) is 2. The van der Waals surface area contributed by atoms with Gasteiger partial charge in [0, 0.05) is 24.0 Å². The van der Waals surface area contributed by atoms with E-state index in [1.807, 2.05) is 79.9 Å². The number of nitrogen functional groups attached to an aromatic ring is 1. The second kappa shape index (κ2) is 12.5. The van der Waals surface area contributed by atoms with Crippen LogP contribution in [0, 0.1) is 11.3 Å². The van der Waals surface area contributed by atoms with Gasteiger partial charge in [-0.25, -0.2) is 4.79 Å². The molecule has 0 bridgehead atoms. The molecule has 0 atom stereocenters. The molecule has 0 aliphatic heterocycles. The molecule has 0 saturated heterocycles. The summed E-state index contributed by atoms with van der Waals surface area (Å²) in [6, 6.07) is 24.6. The number of alkyl carbamates (subject to hydrolysis) is 1. The van der Waals surface area contributed by atoms with E-state index >= 15 is 0 Å². The Kier molecular flexibility index (Phi) is 8.58. The molecule has 1 fully saturated rings. The number of anilines is 1. The Morgan fingerprint density at radius 3 is 2.19 bits per heavy atom.